The van der Waals surface area contributed by atoms with Crippen molar-refractivity contribution in [3.8, 4) is 0 Å². The van der Waals surface area contributed by atoms with Gasteiger partial charge in [0.05, 0.1) is 6.54 Å². The zero-order valence-electron chi connectivity index (χ0n) is 10.7. The molecule has 0 aromatic rings. The minimum atomic E-state index is -0.725. The predicted octanol–water partition coefficient (Wildman–Crippen LogP) is 0.670. The van der Waals surface area contributed by atoms with Crippen LogP contribution in [0.1, 0.15) is 20.8 Å². The minimum Gasteiger partial charge on any atom is -0.354 e. The lowest BCUT2D eigenvalue weighted by atomic mass is 10.4. The molecule has 0 aromatic carbocycles. The number of carbonyl (C=O) groups excluding carboxylic acids is 3. The van der Waals surface area contributed by atoms with Crippen molar-refractivity contribution >= 4 is 24.1 Å². The number of nitrogens with one attached hydrogen (secondary N) is 1. The molecular formula is C11H17N3O4. The van der Waals surface area contributed by atoms with Gasteiger partial charge in [0.25, 0.3) is 0 Å². The van der Waals surface area contributed by atoms with Gasteiger partial charge in [-0.15, -0.1) is 5.06 Å². The van der Waals surface area contributed by atoms with Crippen LogP contribution in [0.25, 0.3) is 0 Å². The van der Waals surface area contributed by atoms with E-state index in [9.17, 15) is 14.4 Å². The van der Waals surface area contributed by atoms with Crippen molar-refractivity contribution in [2.24, 2.45) is 4.99 Å². The average Bonchev–Trinajstić information content (AvgIpc) is 2.27. The summed E-state index contributed by atoms with van der Waals surface area (Å²) in [6, 6.07) is -0.725. The van der Waals surface area contributed by atoms with E-state index in [1.165, 1.54) is 20.1 Å². The van der Waals surface area contributed by atoms with E-state index in [0.717, 1.165) is 5.06 Å². The summed E-state index contributed by atoms with van der Waals surface area (Å²) in [5, 5.41) is 3.25. The molecule has 0 bridgehead atoms. The first-order valence-corrected chi connectivity index (χ1v) is 5.31. The highest BCUT2D eigenvalue weighted by Gasteiger charge is 2.17. The van der Waals surface area contributed by atoms with E-state index < -0.39 is 12.0 Å². The third kappa shape index (κ3) is 6.41. The Bertz CT molecular complexity index is 376. The molecule has 0 fully saturated rings. The second-order valence-corrected chi connectivity index (χ2v) is 3.41. The maximum atomic E-state index is 11.5. The summed E-state index contributed by atoms with van der Waals surface area (Å²) < 4.78 is 0. The van der Waals surface area contributed by atoms with Gasteiger partial charge in [-0.25, -0.2) is 14.6 Å². The van der Waals surface area contributed by atoms with Crippen molar-refractivity contribution in [2.75, 3.05) is 13.1 Å². The van der Waals surface area contributed by atoms with Crippen molar-refractivity contribution in [3.05, 3.63) is 12.2 Å². The molecule has 0 saturated carbocycles. The molecule has 0 unspecified atom stereocenters. The fraction of sp³-hybridized carbons (Fsp3) is 0.455. The number of aliphatic imine (C=N–C) groups is 1. The van der Waals surface area contributed by atoms with E-state index in [4.69, 9.17) is 4.84 Å². The topological polar surface area (TPSA) is 88.1 Å². The van der Waals surface area contributed by atoms with Gasteiger partial charge in [0.2, 0.25) is 5.91 Å². The van der Waals surface area contributed by atoms with Gasteiger partial charge in [-0.05, 0) is 13.8 Å². The molecule has 18 heavy (non-hydrogen) atoms. The number of amides is 3. The van der Waals surface area contributed by atoms with Gasteiger partial charge >= 0.3 is 12.0 Å². The molecule has 0 aliphatic rings. The Morgan fingerprint density at radius 3 is 2.44 bits per heavy atom. The SMILES string of the molecule is C=C(C)C(=O)ON(CCNC(C)=O)C(=O)N=CC. The largest absolute Gasteiger partial charge is 0.376 e. The summed E-state index contributed by atoms with van der Waals surface area (Å²) >= 11 is 0. The lowest BCUT2D eigenvalue weighted by Gasteiger charge is -2.18. The molecule has 7 nitrogen and oxygen atoms in total. The normalized spacial score (nSPS) is 9.94. The lowest BCUT2D eigenvalue weighted by Crippen LogP contribution is -2.38. The first-order chi connectivity index (χ1) is 8.38. The zero-order chi connectivity index (χ0) is 14.1. The summed E-state index contributed by atoms with van der Waals surface area (Å²) in [7, 11) is 0. The van der Waals surface area contributed by atoms with E-state index in [2.05, 4.69) is 16.9 Å². The Morgan fingerprint density at radius 1 is 1.39 bits per heavy atom. The van der Waals surface area contributed by atoms with Gasteiger partial charge in [0.15, 0.2) is 0 Å². The maximum absolute atomic E-state index is 11.5. The number of hydroxylamine groups is 2. The average molecular weight is 255 g/mol. The number of carbonyl (C=O) groups is 3. The van der Waals surface area contributed by atoms with Crippen molar-refractivity contribution < 1.29 is 19.2 Å². The molecule has 0 aromatic heterocycles. The molecule has 0 heterocycles. The third-order valence-electron chi connectivity index (χ3n) is 1.68. The van der Waals surface area contributed by atoms with Crippen LogP contribution in [0.3, 0.4) is 0 Å². The number of hydrogen-bond donors (Lipinski definition) is 1. The number of nitrogens with zero attached hydrogens (tertiary/aromatic N) is 2. The minimum absolute atomic E-state index is 0.00870. The Hall–Kier alpha value is -2.18. The summed E-state index contributed by atoms with van der Waals surface area (Å²) in [6.45, 7) is 7.93. The van der Waals surface area contributed by atoms with E-state index in [1.54, 1.807) is 6.92 Å². The summed E-state index contributed by atoms with van der Waals surface area (Å²) in [4.78, 5) is 41.7. The van der Waals surface area contributed by atoms with Crippen LogP contribution in [0.5, 0.6) is 0 Å². The van der Waals surface area contributed by atoms with Crippen LogP contribution in [-0.4, -0.2) is 42.3 Å². The Balaban J connectivity index is 4.52. The molecule has 100 valence electrons. The molecule has 3 amide bonds. The quantitative estimate of drug-likeness (QED) is 0.454. The van der Waals surface area contributed by atoms with Gasteiger partial charge in [0, 0.05) is 25.3 Å². The summed E-state index contributed by atoms with van der Waals surface area (Å²) in [5.74, 6) is -0.968. The highest BCUT2D eigenvalue weighted by molar-refractivity contribution is 5.89. The van der Waals surface area contributed by atoms with Crippen molar-refractivity contribution in [1.82, 2.24) is 10.4 Å². The molecule has 0 aliphatic heterocycles. The summed E-state index contributed by atoms with van der Waals surface area (Å²) in [6.07, 6.45) is 1.28. The van der Waals surface area contributed by atoms with E-state index >= 15 is 0 Å². The second-order valence-electron chi connectivity index (χ2n) is 3.41. The Kier molecular flexibility index (Phi) is 7.02. The fourth-order valence-electron chi connectivity index (χ4n) is 0.867. The Labute approximate surface area is 105 Å². The third-order valence-corrected chi connectivity index (χ3v) is 1.68. The molecule has 0 atom stereocenters. The summed E-state index contributed by atoms with van der Waals surface area (Å²) in [5.41, 5.74) is 0.160. The number of hydrogen-bond acceptors (Lipinski definition) is 4. The van der Waals surface area contributed by atoms with Crippen LogP contribution in [-0.2, 0) is 14.4 Å². The fourth-order valence-corrected chi connectivity index (χ4v) is 0.867. The predicted molar refractivity (Wildman–Crippen MR) is 65.9 cm³/mol. The van der Waals surface area contributed by atoms with Gasteiger partial charge < -0.3 is 10.2 Å². The molecular weight excluding hydrogens is 238 g/mol. The van der Waals surface area contributed by atoms with Crippen LogP contribution >= 0.6 is 0 Å². The standard InChI is InChI=1S/C11H17N3O4/c1-5-12-11(17)14(7-6-13-9(4)15)18-10(16)8(2)3/h5H,2,6-7H2,1,3-4H3,(H,13,15). The maximum Gasteiger partial charge on any atom is 0.376 e. The van der Waals surface area contributed by atoms with E-state index in [-0.39, 0.29) is 24.6 Å². The highest BCUT2D eigenvalue weighted by Crippen LogP contribution is 2.00. The molecule has 0 rings (SSSR count). The van der Waals surface area contributed by atoms with E-state index in [0.29, 0.717) is 0 Å². The van der Waals surface area contributed by atoms with Crippen LogP contribution in [0, 0.1) is 0 Å². The van der Waals surface area contributed by atoms with Gasteiger partial charge in [-0.2, -0.15) is 0 Å². The van der Waals surface area contributed by atoms with Crippen LogP contribution in [0.2, 0.25) is 0 Å². The van der Waals surface area contributed by atoms with Crippen molar-refractivity contribution in [3.63, 3.8) is 0 Å². The van der Waals surface area contributed by atoms with Gasteiger partial charge in [0.1, 0.15) is 0 Å². The second kappa shape index (κ2) is 7.99. The first kappa shape index (κ1) is 15.8. The molecule has 0 aliphatic carbocycles. The molecule has 0 saturated heterocycles. The van der Waals surface area contributed by atoms with Crippen molar-refractivity contribution in [2.45, 2.75) is 20.8 Å². The molecule has 0 spiro atoms. The zero-order valence-corrected chi connectivity index (χ0v) is 10.7. The Morgan fingerprint density at radius 2 is 2.00 bits per heavy atom. The molecule has 1 N–H and O–H groups in total. The van der Waals surface area contributed by atoms with Crippen LogP contribution < -0.4 is 5.32 Å². The van der Waals surface area contributed by atoms with E-state index in [1.807, 2.05) is 0 Å². The molecule has 0 radical (unpaired) electrons. The molecule has 7 heteroatoms. The van der Waals surface area contributed by atoms with Gasteiger partial charge in [-0.1, -0.05) is 6.58 Å². The number of rotatable bonds is 4. The smallest absolute Gasteiger partial charge is 0.354 e. The highest BCUT2D eigenvalue weighted by atomic mass is 16.7. The first-order valence-electron chi connectivity index (χ1n) is 5.31. The van der Waals surface area contributed by atoms with Crippen molar-refractivity contribution in [1.29, 1.82) is 0 Å². The number of urea groups is 1. The monoisotopic (exact) mass is 255 g/mol. The van der Waals surface area contributed by atoms with Crippen LogP contribution in [0.4, 0.5) is 4.79 Å². The van der Waals surface area contributed by atoms with Gasteiger partial charge in [-0.3, -0.25) is 4.79 Å². The van der Waals surface area contributed by atoms with Crippen LogP contribution in [0.15, 0.2) is 17.1 Å². The lowest BCUT2D eigenvalue weighted by molar-refractivity contribution is -0.170.